The fourth-order valence-corrected chi connectivity index (χ4v) is 2.36. The zero-order valence-electron chi connectivity index (χ0n) is 10.8. The molecule has 0 saturated carbocycles. The third-order valence-corrected chi connectivity index (χ3v) is 3.69. The topological polar surface area (TPSA) is 12.0 Å². The number of hydrogen-bond donors (Lipinski definition) is 1. The van der Waals surface area contributed by atoms with Crippen LogP contribution in [0.25, 0.3) is 0 Å². The van der Waals surface area contributed by atoms with Crippen LogP contribution >= 0.6 is 11.6 Å². The molecule has 1 N–H and O–H groups in total. The summed E-state index contributed by atoms with van der Waals surface area (Å²) < 4.78 is 13.3. The molecule has 0 bridgehead atoms. The minimum atomic E-state index is -0.324. The molecular weight excluding hydrogens is 237 g/mol. The number of nitrogens with one attached hydrogen (secondary N) is 1. The van der Waals surface area contributed by atoms with E-state index in [1.165, 1.54) is 6.07 Å². The largest absolute Gasteiger partial charge is 0.314 e. The Bertz CT molecular complexity index is 354. The lowest BCUT2D eigenvalue weighted by Crippen LogP contribution is -2.34. The lowest BCUT2D eigenvalue weighted by Gasteiger charge is -2.24. The van der Waals surface area contributed by atoms with Gasteiger partial charge in [-0.25, -0.2) is 4.39 Å². The summed E-state index contributed by atoms with van der Waals surface area (Å²) in [6, 6.07) is 5.46. The Morgan fingerprint density at radius 1 is 1.35 bits per heavy atom. The maximum absolute atomic E-state index is 13.3. The molecule has 0 fully saturated rings. The molecule has 1 aromatic carbocycles. The molecule has 0 aliphatic heterocycles. The summed E-state index contributed by atoms with van der Waals surface area (Å²) in [5, 5.41) is 3.69. The van der Waals surface area contributed by atoms with Crippen molar-refractivity contribution < 1.29 is 4.39 Å². The van der Waals surface area contributed by atoms with Crippen molar-refractivity contribution in [2.24, 2.45) is 5.92 Å². The maximum Gasteiger partial charge on any atom is 0.142 e. The third kappa shape index (κ3) is 3.97. The van der Waals surface area contributed by atoms with Crippen LogP contribution in [-0.2, 0) is 6.42 Å². The lowest BCUT2D eigenvalue weighted by atomic mass is 9.90. The predicted octanol–water partition coefficient (Wildman–Crippen LogP) is 4.05. The van der Waals surface area contributed by atoms with Gasteiger partial charge in [-0.05, 0) is 37.4 Å². The first-order chi connectivity index (χ1) is 8.10. The van der Waals surface area contributed by atoms with E-state index in [9.17, 15) is 4.39 Å². The Labute approximate surface area is 108 Å². The van der Waals surface area contributed by atoms with Crippen LogP contribution in [0.3, 0.4) is 0 Å². The Kier molecular flexibility index (Phi) is 5.93. The molecule has 1 rings (SSSR count). The molecule has 0 aliphatic carbocycles. The number of rotatable bonds is 6. The van der Waals surface area contributed by atoms with E-state index in [4.69, 9.17) is 11.6 Å². The highest BCUT2D eigenvalue weighted by atomic mass is 35.5. The highest BCUT2D eigenvalue weighted by Crippen LogP contribution is 2.24. The highest BCUT2D eigenvalue weighted by molar-refractivity contribution is 6.31. The first-order valence-corrected chi connectivity index (χ1v) is 6.64. The summed E-state index contributed by atoms with van der Waals surface area (Å²) >= 11 is 5.98. The van der Waals surface area contributed by atoms with Gasteiger partial charge in [-0.2, -0.15) is 0 Å². The molecule has 3 heteroatoms. The molecule has 0 spiro atoms. The van der Waals surface area contributed by atoms with Gasteiger partial charge in [0.25, 0.3) is 0 Å². The van der Waals surface area contributed by atoms with Crippen LogP contribution in [0.1, 0.15) is 32.8 Å². The average molecular weight is 258 g/mol. The van der Waals surface area contributed by atoms with E-state index in [1.807, 2.05) is 6.07 Å². The molecular formula is C14H21ClFN. The zero-order valence-corrected chi connectivity index (χ0v) is 11.5. The van der Waals surface area contributed by atoms with E-state index < -0.39 is 0 Å². The van der Waals surface area contributed by atoms with Gasteiger partial charge >= 0.3 is 0 Å². The third-order valence-electron chi connectivity index (χ3n) is 3.27. The summed E-state index contributed by atoms with van der Waals surface area (Å²) in [6.45, 7) is 7.38. The van der Waals surface area contributed by atoms with Crippen LogP contribution in [0, 0.1) is 11.7 Å². The van der Waals surface area contributed by atoms with E-state index >= 15 is 0 Å². The van der Waals surface area contributed by atoms with Crippen molar-refractivity contribution in [3.63, 3.8) is 0 Å². The Hall–Kier alpha value is -0.600. The molecule has 2 unspecified atom stereocenters. The van der Waals surface area contributed by atoms with Gasteiger partial charge in [0.2, 0.25) is 0 Å². The van der Waals surface area contributed by atoms with E-state index in [0.717, 1.165) is 24.9 Å². The van der Waals surface area contributed by atoms with Gasteiger partial charge in [0.1, 0.15) is 5.82 Å². The van der Waals surface area contributed by atoms with Gasteiger partial charge in [-0.15, -0.1) is 0 Å². The van der Waals surface area contributed by atoms with Crippen LogP contribution in [0.2, 0.25) is 5.02 Å². The van der Waals surface area contributed by atoms with Crippen molar-refractivity contribution in [1.29, 1.82) is 0 Å². The molecule has 1 nitrogen and oxygen atoms in total. The quantitative estimate of drug-likeness (QED) is 0.811. The zero-order chi connectivity index (χ0) is 12.8. The molecule has 0 aromatic heterocycles. The Balaban J connectivity index is 2.77. The summed E-state index contributed by atoms with van der Waals surface area (Å²) in [5.74, 6) is 0.157. The van der Waals surface area contributed by atoms with Gasteiger partial charge in [-0.3, -0.25) is 0 Å². The van der Waals surface area contributed by atoms with Gasteiger partial charge in [0.05, 0.1) is 5.02 Å². The van der Waals surface area contributed by atoms with Crippen molar-refractivity contribution in [2.45, 2.75) is 39.7 Å². The van der Waals surface area contributed by atoms with Crippen molar-refractivity contribution in [2.75, 3.05) is 6.54 Å². The minimum absolute atomic E-state index is 0.273. The van der Waals surface area contributed by atoms with Crippen LogP contribution in [0.5, 0.6) is 0 Å². The summed E-state index contributed by atoms with van der Waals surface area (Å²) in [5.41, 5.74) is 0.906. The molecule has 0 radical (unpaired) electrons. The lowest BCUT2D eigenvalue weighted by molar-refractivity contribution is 0.367. The summed E-state index contributed by atoms with van der Waals surface area (Å²) in [4.78, 5) is 0. The van der Waals surface area contributed by atoms with E-state index in [0.29, 0.717) is 12.0 Å². The van der Waals surface area contributed by atoms with Crippen molar-refractivity contribution in [3.8, 4) is 0 Å². The van der Waals surface area contributed by atoms with Crippen LogP contribution in [0.15, 0.2) is 18.2 Å². The SMILES string of the molecule is CCNC(C)C(CC)Cc1cccc(F)c1Cl. The van der Waals surface area contributed by atoms with E-state index in [-0.39, 0.29) is 10.8 Å². The smallest absolute Gasteiger partial charge is 0.142 e. The average Bonchev–Trinajstić information content (AvgIpc) is 2.31. The second kappa shape index (κ2) is 6.97. The standard InChI is InChI=1S/C14H21ClFN/c1-4-11(10(3)17-5-2)9-12-7-6-8-13(16)14(12)15/h6-8,10-11,17H,4-5,9H2,1-3H3. The normalized spacial score (nSPS) is 14.6. The van der Waals surface area contributed by atoms with Gasteiger partial charge in [0.15, 0.2) is 0 Å². The molecule has 17 heavy (non-hydrogen) atoms. The van der Waals surface area contributed by atoms with Crippen LogP contribution in [0.4, 0.5) is 4.39 Å². The predicted molar refractivity (Wildman–Crippen MR) is 72.0 cm³/mol. The van der Waals surface area contributed by atoms with E-state index in [2.05, 4.69) is 26.1 Å². The molecule has 0 amide bonds. The van der Waals surface area contributed by atoms with Crippen LogP contribution < -0.4 is 5.32 Å². The van der Waals surface area contributed by atoms with Crippen molar-refractivity contribution in [1.82, 2.24) is 5.32 Å². The van der Waals surface area contributed by atoms with E-state index in [1.54, 1.807) is 6.07 Å². The molecule has 0 aliphatic rings. The Morgan fingerprint density at radius 3 is 2.65 bits per heavy atom. The molecule has 1 aromatic rings. The Morgan fingerprint density at radius 2 is 2.06 bits per heavy atom. The van der Waals surface area contributed by atoms with Crippen molar-refractivity contribution >= 4 is 11.6 Å². The second-order valence-corrected chi connectivity index (χ2v) is 4.81. The fraction of sp³-hybridized carbons (Fsp3) is 0.571. The van der Waals surface area contributed by atoms with Gasteiger partial charge in [-0.1, -0.05) is 44.0 Å². The monoisotopic (exact) mass is 257 g/mol. The molecule has 96 valence electrons. The van der Waals surface area contributed by atoms with Crippen LogP contribution in [-0.4, -0.2) is 12.6 Å². The second-order valence-electron chi connectivity index (χ2n) is 4.43. The maximum atomic E-state index is 13.3. The number of halogens is 2. The summed E-state index contributed by atoms with van der Waals surface area (Å²) in [6.07, 6.45) is 1.88. The van der Waals surface area contributed by atoms with Gasteiger partial charge in [0, 0.05) is 6.04 Å². The molecule has 0 saturated heterocycles. The van der Waals surface area contributed by atoms with Gasteiger partial charge < -0.3 is 5.32 Å². The molecule has 0 heterocycles. The minimum Gasteiger partial charge on any atom is -0.314 e. The number of hydrogen-bond acceptors (Lipinski definition) is 1. The first kappa shape index (κ1) is 14.5. The number of benzene rings is 1. The molecule has 2 atom stereocenters. The van der Waals surface area contributed by atoms with Crippen molar-refractivity contribution in [3.05, 3.63) is 34.6 Å². The highest BCUT2D eigenvalue weighted by Gasteiger charge is 2.17. The first-order valence-electron chi connectivity index (χ1n) is 6.26. The fourth-order valence-electron chi connectivity index (χ4n) is 2.15. The summed E-state index contributed by atoms with van der Waals surface area (Å²) in [7, 11) is 0.